The molecule has 2 N–H and O–H groups in total. The van der Waals surface area contributed by atoms with Crippen molar-refractivity contribution in [1.29, 1.82) is 0 Å². The van der Waals surface area contributed by atoms with Crippen LogP contribution in [0.4, 0.5) is 9.18 Å². The summed E-state index contributed by atoms with van der Waals surface area (Å²) in [5.41, 5.74) is 0.252. The molecule has 1 fully saturated rings. The van der Waals surface area contributed by atoms with Gasteiger partial charge in [-0.05, 0) is 83.6 Å². The summed E-state index contributed by atoms with van der Waals surface area (Å²) in [4.78, 5) is 17.1. The van der Waals surface area contributed by atoms with Crippen LogP contribution in [0.15, 0.2) is 23.2 Å². The number of hydrogen-bond donors (Lipinski definition) is 2. The Hall–Kier alpha value is -2.26. The maximum absolute atomic E-state index is 14.1. The van der Waals surface area contributed by atoms with Gasteiger partial charge in [-0.1, -0.05) is 0 Å². The number of alkyl carbamates (subject to hydrolysis) is 1. The standard InChI is InChI=1S/C24H32FN3O4S/c1-23(2,3)32-22(29)28-19-9-8-15-16(19)11-21(33(30,31)27-13-24(4,5)25)17-10-20(14-6-7-14)26-12-18(15)17/h10-12,14,19,27H,6-9,13H2,1-5H3,(H,28,29). The van der Waals surface area contributed by atoms with Crippen molar-refractivity contribution in [2.45, 2.75) is 88.4 Å². The number of amides is 1. The monoisotopic (exact) mass is 477 g/mol. The molecule has 2 aliphatic carbocycles. The molecule has 0 saturated heterocycles. The molecule has 9 heteroatoms. The molecule has 2 aliphatic rings. The molecular weight excluding hydrogens is 445 g/mol. The van der Waals surface area contributed by atoms with E-state index in [9.17, 15) is 17.6 Å². The highest BCUT2D eigenvalue weighted by Gasteiger charge is 2.33. The first-order valence-electron chi connectivity index (χ1n) is 11.4. The molecule has 4 rings (SSSR count). The molecule has 2 aromatic rings. The Labute approximate surface area is 194 Å². The molecule has 1 aromatic carbocycles. The molecule has 0 aliphatic heterocycles. The number of fused-ring (bicyclic) bond motifs is 3. The first kappa shape index (κ1) is 23.9. The van der Waals surface area contributed by atoms with E-state index >= 15 is 0 Å². The quantitative estimate of drug-likeness (QED) is 0.631. The summed E-state index contributed by atoms with van der Waals surface area (Å²) in [5, 5.41) is 4.22. The van der Waals surface area contributed by atoms with E-state index < -0.39 is 27.4 Å². The lowest BCUT2D eigenvalue weighted by Gasteiger charge is -2.23. The average molecular weight is 478 g/mol. The second-order valence-electron chi connectivity index (χ2n) is 10.7. The summed E-state index contributed by atoms with van der Waals surface area (Å²) < 4.78 is 48.5. The normalized spacial score (nSPS) is 18.9. The minimum Gasteiger partial charge on any atom is -0.444 e. The number of nitrogens with one attached hydrogen (secondary N) is 2. The topological polar surface area (TPSA) is 97.4 Å². The second-order valence-corrected chi connectivity index (χ2v) is 12.4. The maximum atomic E-state index is 14.1. The van der Waals surface area contributed by atoms with Crippen LogP contribution >= 0.6 is 0 Å². The SMILES string of the molecule is CC(C)(F)CNS(=O)(=O)c1cc2c(c3cnc(C4CC4)cc13)CCC2NC(=O)OC(C)(C)C. The summed E-state index contributed by atoms with van der Waals surface area (Å²) >= 11 is 0. The molecule has 180 valence electrons. The Bertz CT molecular complexity index is 1190. The molecule has 1 unspecified atom stereocenters. The molecule has 1 amide bonds. The lowest BCUT2D eigenvalue weighted by molar-refractivity contribution is 0.0503. The van der Waals surface area contributed by atoms with Crippen LogP contribution in [0, 0.1) is 0 Å². The van der Waals surface area contributed by atoms with Crippen molar-refractivity contribution in [1.82, 2.24) is 15.0 Å². The van der Waals surface area contributed by atoms with Crippen LogP contribution in [0.5, 0.6) is 0 Å². The molecular formula is C24H32FN3O4S. The number of carbonyl (C=O) groups is 1. The van der Waals surface area contributed by atoms with Crippen LogP contribution in [0.25, 0.3) is 10.8 Å². The zero-order chi connectivity index (χ0) is 24.2. The van der Waals surface area contributed by atoms with E-state index in [0.29, 0.717) is 24.1 Å². The van der Waals surface area contributed by atoms with Gasteiger partial charge in [0.25, 0.3) is 0 Å². The third-order valence-corrected chi connectivity index (χ3v) is 7.31. The number of benzene rings is 1. The number of halogens is 1. The Balaban J connectivity index is 1.78. The van der Waals surface area contributed by atoms with Gasteiger partial charge in [0, 0.05) is 35.1 Å². The van der Waals surface area contributed by atoms with Gasteiger partial charge in [-0.2, -0.15) is 0 Å². The highest BCUT2D eigenvalue weighted by molar-refractivity contribution is 7.89. The first-order valence-corrected chi connectivity index (χ1v) is 12.9. The number of aromatic nitrogens is 1. The number of alkyl halides is 1. The zero-order valence-electron chi connectivity index (χ0n) is 19.8. The highest BCUT2D eigenvalue weighted by atomic mass is 32.2. The summed E-state index contributed by atoms with van der Waals surface area (Å²) in [6.45, 7) is 7.67. The Morgan fingerprint density at radius 2 is 1.85 bits per heavy atom. The highest BCUT2D eigenvalue weighted by Crippen LogP contribution is 2.43. The molecule has 0 spiro atoms. The van der Waals surface area contributed by atoms with Crippen LogP contribution in [-0.2, 0) is 21.2 Å². The summed E-state index contributed by atoms with van der Waals surface area (Å²) in [6.07, 6.45) is 4.59. The third kappa shape index (κ3) is 5.46. The van der Waals surface area contributed by atoms with Crippen LogP contribution in [0.2, 0.25) is 0 Å². The van der Waals surface area contributed by atoms with Crippen LogP contribution < -0.4 is 10.0 Å². The van der Waals surface area contributed by atoms with E-state index in [2.05, 4.69) is 15.0 Å². The lowest BCUT2D eigenvalue weighted by atomic mass is 10.0. The number of hydrogen-bond acceptors (Lipinski definition) is 5. The number of sulfonamides is 1. The van der Waals surface area contributed by atoms with Crippen molar-refractivity contribution in [2.24, 2.45) is 0 Å². The number of aryl methyl sites for hydroxylation is 1. The predicted molar refractivity (Wildman–Crippen MR) is 125 cm³/mol. The molecule has 7 nitrogen and oxygen atoms in total. The van der Waals surface area contributed by atoms with Crippen molar-refractivity contribution in [3.8, 4) is 0 Å². The van der Waals surface area contributed by atoms with Crippen LogP contribution in [0.3, 0.4) is 0 Å². The first-order chi connectivity index (χ1) is 15.2. The zero-order valence-corrected chi connectivity index (χ0v) is 20.6. The lowest BCUT2D eigenvalue weighted by Crippen LogP contribution is -2.36. The predicted octanol–water partition coefficient (Wildman–Crippen LogP) is 4.65. The average Bonchev–Trinajstić information content (AvgIpc) is 3.45. The largest absolute Gasteiger partial charge is 0.444 e. The smallest absolute Gasteiger partial charge is 0.408 e. The molecule has 1 aromatic heterocycles. The molecule has 0 radical (unpaired) electrons. The molecule has 1 atom stereocenters. The number of ether oxygens (including phenoxy) is 1. The summed E-state index contributed by atoms with van der Waals surface area (Å²) in [7, 11) is -4.01. The fraction of sp³-hybridized carbons (Fsp3) is 0.583. The van der Waals surface area contributed by atoms with Gasteiger partial charge in [-0.15, -0.1) is 0 Å². The van der Waals surface area contributed by atoms with Crippen LogP contribution in [0.1, 0.15) is 82.7 Å². The minimum atomic E-state index is -4.01. The fourth-order valence-electron chi connectivity index (χ4n) is 4.18. The second kappa shape index (κ2) is 8.20. The van der Waals surface area contributed by atoms with E-state index in [0.717, 1.165) is 35.0 Å². The van der Waals surface area contributed by atoms with Gasteiger partial charge < -0.3 is 10.1 Å². The van der Waals surface area contributed by atoms with Crippen molar-refractivity contribution >= 4 is 26.9 Å². The Morgan fingerprint density at radius 1 is 1.15 bits per heavy atom. The summed E-state index contributed by atoms with van der Waals surface area (Å²) in [6, 6.07) is 3.10. The van der Waals surface area contributed by atoms with Gasteiger partial charge in [0.15, 0.2) is 0 Å². The molecule has 1 heterocycles. The molecule has 33 heavy (non-hydrogen) atoms. The fourth-order valence-corrected chi connectivity index (χ4v) is 5.61. The van der Waals surface area contributed by atoms with Crippen LogP contribution in [-0.4, -0.2) is 37.3 Å². The van der Waals surface area contributed by atoms with Gasteiger partial charge >= 0.3 is 6.09 Å². The minimum absolute atomic E-state index is 0.0858. The van der Waals surface area contributed by atoms with Gasteiger partial charge in [0.1, 0.15) is 11.3 Å². The summed E-state index contributed by atoms with van der Waals surface area (Å²) in [5.74, 6) is 0.359. The van der Waals surface area contributed by atoms with Gasteiger partial charge in [-0.25, -0.2) is 22.3 Å². The number of pyridine rings is 1. The third-order valence-electron chi connectivity index (χ3n) is 5.87. The Kier molecular flexibility index (Phi) is 5.93. The Morgan fingerprint density at radius 3 is 2.45 bits per heavy atom. The van der Waals surface area contributed by atoms with E-state index in [1.165, 1.54) is 13.8 Å². The van der Waals surface area contributed by atoms with Gasteiger partial charge in [0.2, 0.25) is 10.0 Å². The van der Waals surface area contributed by atoms with E-state index in [1.807, 2.05) is 6.07 Å². The molecule has 1 saturated carbocycles. The van der Waals surface area contributed by atoms with Crippen molar-refractivity contribution < 1.29 is 22.3 Å². The van der Waals surface area contributed by atoms with E-state index in [-0.39, 0.29) is 17.5 Å². The van der Waals surface area contributed by atoms with E-state index in [1.54, 1.807) is 33.0 Å². The van der Waals surface area contributed by atoms with Crippen molar-refractivity contribution in [3.63, 3.8) is 0 Å². The van der Waals surface area contributed by atoms with Crippen molar-refractivity contribution in [2.75, 3.05) is 6.54 Å². The number of rotatable bonds is 6. The van der Waals surface area contributed by atoms with Gasteiger partial charge in [0.05, 0.1) is 10.9 Å². The van der Waals surface area contributed by atoms with Crippen molar-refractivity contribution in [3.05, 3.63) is 35.2 Å². The number of nitrogens with zero attached hydrogens (tertiary/aromatic N) is 1. The molecule has 0 bridgehead atoms. The van der Waals surface area contributed by atoms with Gasteiger partial charge in [-0.3, -0.25) is 4.98 Å². The maximum Gasteiger partial charge on any atom is 0.408 e. The van der Waals surface area contributed by atoms with E-state index in [4.69, 9.17) is 4.74 Å². The number of carbonyl (C=O) groups excluding carboxylic acids is 1.